The Hall–Kier alpha value is -0.570. The van der Waals surface area contributed by atoms with Crippen molar-refractivity contribution in [3.8, 4) is 0 Å². The maximum Gasteiger partial charge on any atom is 0.306 e. The first-order valence-electron chi connectivity index (χ1n) is 8.65. The van der Waals surface area contributed by atoms with Crippen molar-refractivity contribution in [2.24, 2.45) is 11.8 Å². The van der Waals surface area contributed by atoms with Gasteiger partial charge in [0, 0.05) is 12.1 Å². The molecule has 2 atom stereocenters. The molecule has 3 heteroatoms. The highest BCUT2D eigenvalue weighted by atomic mass is 16.4. The minimum Gasteiger partial charge on any atom is -0.481 e. The van der Waals surface area contributed by atoms with Gasteiger partial charge in [-0.05, 0) is 38.0 Å². The van der Waals surface area contributed by atoms with Crippen LogP contribution in [0.5, 0.6) is 0 Å². The molecule has 0 aliphatic heterocycles. The summed E-state index contributed by atoms with van der Waals surface area (Å²) in [7, 11) is 0. The second kappa shape index (κ2) is 8.02. The van der Waals surface area contributed by atoms with E-state index in [1.54, 1.807) is 0 Å². The third-order valence-corrected chi connectivity index (χ3v) is 5.11. The van der Waals surface area contributed by atoms with E-state index < -0.39 is 5.97 Å². The highest BCUT2D eigenvalue weighted by molar-refractivity contribution is 5.73. The summed E-state index contributed by atoms with van der Waals surface area (Å²) in [5.74, 6) is -0.204. The van der Waals surface area contributed by atoms with E-state index in [9.17, 15) is 4.79 Å². The Kier molecular flexibility index (Phi) is 6.34. The summed E-state index contributed by atoms with van der Waals surface area (Å²) < 4.78 is 0. The zero-order valence-corrected chi connectivity index (χ0v) is 12.9. The monoisotopic (exact) mass is 281 g/mol. The second-order valence-corrected chi connectivity index (χ2v) is 6.99. The highest BCUT2D eigenvalue weighted by Crippen LogP contribution is 2.37. The number of aliphatic carboxylic acids is 1. The van der Waals surface area contributed by atoms with Crippen LogP contribution in [0.15, 0.2) is 0 Å². The lowest BCUT2D eigenvalue weighted by Gasteiger charge is -2.30. The molecule has 0 aromatic carbocycles. The Bertz CT molecular complexity index is 277. The normalized spacial score (nSPS) is 31.2. The van der Waals surface area contributed by atoms with Gasteiger partial charge >= 0.3 is 5.97 Å². The number of hydrogen-bond donors (Lipinski definition) is 2. The molecule has 3 nitrogen and oxygen atoms in total. The van der Waals surface area contributed by atoms with Gasteiger partial charge in [-0.1, -0.05) is 45.4 Å². The molecule has 0 aromatic heterocycles. The van der Waals surface area contributed by atoms with Gasteiger partial charge in [0.25, 0.3) is 0 Å². The summed E-state index contributed by atoms with van der Waals surface area (Å²) in [6, 6.07) is 1.74. The second-order valence-electron chi connectivity index (χ2n) is 6.99. The molecule has 0 amide bonds. The van der Waals surface area contributed by atoms with Crippen molar-refractivity contribution in [2.75, 3.05) is 0 Å². The van der Waals surface area contributed by atoms with Crippen LogP contribution < -0.4 is 5.32 Å². The molecule has 20 heavy (non-hydrogen) atoms. The lowest BCUT2D eigenvalue weighted by molar-refractivity contribution is -0.138. The first-order valence-corrected chi connectivity index (χ1v) is 8.65. The van der Waals surface area contributed by atoms with E-state index >= 15 is 0 Å². The third-order valence-electron chi connectivity index (χ3n) is 5.11. The Labute approximate surface area is 123 Å². The Morgan fingerprint density at radius 3 is 1.55 bits per heavy atom. The topological polar surface area (TPSA) is 49.3 Å². The van der Waals surface area contributed by atoms with Crippen LogP contribution in [0.3, 0.4) is 0 Å². The van der Waals surface area contributed by atoms with Gasteiger partial charge in [-0.2, -0.15) is 0 Å². The average molecular weight is 281 g/mol. The van der Waals surface area contributed by atoms with Crippen molar-refractivity contribution in [1.29, 1.82) is 0 Å². The fourth-order valence-electron chi connectivity index (χ4n) is 3.54. The van der Waals surface area contributed by atoms with Crippen molar-refractivity contribution >= 4 is 5.97 Å². The predicted molar refractivity (Wildman–Crippen MR) is 81.8 cm³/mol. The molecule has 3 aliphatic rings. The van der Waals surface area contributed by atoms with Crippen LogP contribution in [0, 0.1) is 11.8 Å². The molecule has 0 radical (unpaired) electrons. The van der Waals surface area contributed by atoms with Crippen LogP contribution in [0.25, 0.3) is 0 Å². The molecule has 116 valence electrons. The number of hydrogen-bond acceptors (Lipinski definition) is 2. The molecule has 0 heterocycles. The molecule has 3 aliphatic carbocycles. The third kappa shape index (κ3) is 5.43. The lowest BCUT2D eigenvalue weighted by atomic mass is 9.91. The van der Waals surface area contributed by atoms with Crippen molar-refractivity contribution in [3.05, 3.63) is 0 Å². The van der Waals surface area contributed by atoms with Gasteiger partial charge in [-0.25, -0.2) is 0 Å². The zero-order valence-electron chi connectivity index (χ0n) is 12.9. The summed E-state index contributed by atoms with van der Waals surface area (Å²) >= 11 is 0. The van der Waals surface area contributed by atoms with Crippen LogP contribution in [-0.2, 0) is 4.79 Å². The predicted octanol–water partition coefficient (Wildman–Crippen LogP) is 3.97. The lowest BCUT2D eigenvalue weighted by Crippen LogP contribution is -2.40. The number of carbonyl (C=O) groups is 1. The van der Waals surface area contributed by atoms with E-state index in [0.29, 0.717) is 5.92 Å². The Morgan fingerprint density at radius 2 is 1.30 bits per heavy atom. The van der Waals surface area contributed by atoms with E-state index in [1.807, 2.05) is 6.92 Å². The smallest absolute Gasteiger partial charge is 0.306 e. The zero-order chi connectivity index (χ0) is 14.4. The maximum atomic E-state index is 9.97. The Balaban J connectivity index is 0.000000178. The largest absolute Gasteiger partial charge is 0.481 e. The summed E-state index contributed by atoms with van der Waals surface area (Å²) in [6.45, 7) is 1.96. The number of rotatable bonds is 3. The van der Waals surface area contributed by atoms with Gasteiger partial charge in [0.2, 0.25) is 0 Å². The number of nitrogens with one attached hydrogen (secondary N) is 1. The van der Waals surface area contributed by atoms with Crippen LogP contribution in [-0.4, -0.2) is 23.2 Å². The molecule has 3 rings (SSSR count). The van der Waals surface area contributed by atoms with E-state index in [2.05, 4.69) is 5.32 Å². The van der Waals surface area contributed by atoms with Gasteiger partial charge in [-0.15, -0.1) is 0 Å². The molecular formula is C17H31NO2. The fourth-order valence-corrected chi connectivity index (χ4v) is 3.54. The molecular weight excluding hydrogens is 250 g/mol. The van der Waals surface area contributed by atoms with Crippen molar-refractivity contribution in [1.82, 2.24) is 5.32 Å². The summed E-state index contributed by atoms with van der Waals surface area (Å²) in [6.07, 6.45) is 15.4. The molecule has 0 aromatic rings. The van der Waals surface area contributed by atoms with Crippen LogP contribution in [0.2, 0.25) is 0 Å². The Morgan fingerprint density at radius 1 is 0.900 bits per heavy atom. The van der Waals surface area contributed by atoms with Crippen LogP contribution in [0.1, 0.15) is 77.6 Å². The van der Waals surface area contributed by atoms with Crippen molar-refractivity contribution < 1.29 is 9.90 Å². The minimum atomic E-state index is -0.632. The summed E-state index contributed by atoms with van der Waals surface area (Å²) in [4.78, 5) is 9.97. The van der Waals surface area contributed by atoms with Crippen LogP contribution in [0.4, 0.5) is 0 Å². The first kappa shape index (κ1) is 15.8. The highest BCUT2D eigenvalue weighted by Gasteiger charge is 2.38. The average Bonchev–Trinajstić information content (AvgIpc) is 3.19. The van der Waals surface area contributed by atoms with E-state index in [-0.39, 0.29) is 5.92 Å². The van der Waals surface area contributed by atoms with Gasteiger partial charge < -0.3 is 10.4 Å². The van der Waals surface area contributed by atoms with E-state index in [4.69, 9.17) is 5.11 Å². The van der Waals surface area contributed by atoms with Gasteiger partial charge in [0.15, 0.2) is 0 Å². The molecule has 3 fully saturated rings. The first-order chi connectivity index (χ1) is 9.66. The molecule has 0 spiro atoms. The quantitative estimate of drug-likeness (QED) is 0.823. The van der Waals surface area contributed by atoms with E-state index in [0.717, 1.165) is 18.5 Å². The van der Waals surface area contributed by atoms with Crippen molar-refractivity contribution in [3.63, 3.8) is 0 Å². The summed E-state index contributed by atoms with van der Waals surface area (Å²) in [5, 5.41) is 12.1. The summed E-state index contributed by atoms with van der Waals surface area (Å²) in [5.41, 5.74) is 0. The number of carboxylic acids is 1. The van der Waals surface area contributed by atoms with Gasteiger partial charge in [0.05, 0.1) is 5.92 Å². The fraction of sp³-hybridized carbons (Fsp3) is 0.941. The van der Waals surface area contributed by atoms with Gasteiger partial charge in [0.1, 0.15) is 0 Å². The standard InChI is InChI=1S/C12H23N.C5H8O2/c1-3-7-11(8-4-1)13-12-9-5-2-6-10-12;1-3-2-4(3)5(6)7/h11-13H,1-10H2;3-4H,2H2,1H3,(H,6,7)/t;3-,4-/m.1/s1. The minimum absolute atomic E-state index is 0.0139. The molecule has 3 saturated carbocycles. The maximum absolute atomic E-state index is 9.97. The molecule has 0 saturated heterocycles. The SMILES string of the molecule is C1CCC(NC2CCCCC2)CC1.C[C@@H]1C[C@H]1C(=O)O. The molecule has 0 unspecified atom stereocenters. The van der Waals surface area contributed by atoms with E-state index in [1.165, 1.54) is 64.2 Å². The molecule has 0 bridgehead atoms. The van der Waals surface area contributed by atoms with Gasteiger partial charge in [-0.3, -0.25) is 4.79 Å². The molecule has 2 N–H and O–H groups in total. The number of carboxylic acid groups (broad SMARTS) is 1. The van der Waals surface area contributed by atoms with Crippen LogP contribution >= 0.6 is 0 Å². The van der Waals surface area contributed by atoms with Crippen molar-refractivity contribution in [2.45, 2.75) is 89.6 Å².